The normalized spacial score (nSPS) is 12.2. The molecule has 6 heteroatoms. The van der Waals surface area contributed by atoms with Crippen molar-refractivity contribution in [2.45, 2.75) is 33.1 Å². The van der Waals surface area contributed by atoms with Crippen LogP contribution in [0.4, 0.5) is 0 Å². The summed E-state index contributed by atoms with van der Waals surface area (Å²) >= 11 is 6.39. The van der Waals surface area contributed by atoms with Crippen molar-refractivity contribution in [3.05, 3.63) is 58.4 Å². The molecule has 0 unspecified atom stereocenters. The Morgan fingerprint density at radius 2 is 1.88 bits per heavy atom. The second kappa shape index (κ2) is 7.57. The molecule has 25 heavy (non-hydrogen) atoms. The number of nitrogens with zero attached hydrogens (tertiary/aromatic N) is 3. The summed E-state index contributed by atoms with van der Waals surface area (Å²) in [6.45, 7) is 8.60. The minimum Gasteiger partial charge on any atom is -0.369 e. The van der Waals surface area contributed by atoms with E-state index in [0.29, 0.717) is 5.02 Å². The number of benzene rings is 1. The van der Waals surface area contributed by atoms with Gasteiger partial charge in [-0.1, -0.05) is 50.6 Å². The van der Waals surface area contributed by atoms with Crippen LogP contribution in [0.15, 0.2) is 46.6 Å². The minimum absolute atomic E-state index is 0.00951. The predicted molar refractivity (Wildman–Crippen MR) is 108 cm³/mol. The van der Waals surface area contributed by atoms with Gasteiger partial charge in [-0.15, -0.1) is 5.10 Å². The van der Waals surface area contributed by atoms with Crippen LogP contribution in [0, 0.1) is 6.92 Å². The van der Waals surface area contributed by atoms with E-state index in [9.17, 15) is 0 Å². The summed E-state index contributed by atoms with van der Waals surface area (Å²) in [7, 11) is 0. The number of para-hydroxylation sites is 1. The third kappa shape index (κ3) is 4.51. The molecule has 2 rings (SSSR count). The van der Waals surface area contributed by atoms with Crippen LogP contribution in [0.2, 0.25) is 5.02 Å². The molecular formula is C19H24ClN5. The highest BCUT2D eigenvalue weighted by molar-refractivity contribution is 6.31. The maximum Gasteiger partial charge on any atom is 0.211 e. The predicted octanol–water partition coefficient (Wildman–Crippen LogP) is 4.01. The summed E-state index contributed by atoms with van der Waals surface area (Å²) in [5, 5.41) is 8.03. The Morgan fingerprint density at radius 3 is 2.52 bits per heavy atom. The van der Waals surface area contributed by atoms with E-state index in [1.165, 1.54) is 11.8 Å². The second-order valence-corrected chi connectivity index (χ2v) is 7.16. The fourth-order valence-electron chi connectivity index (χ4n) is 2.62. The van der Waals surface area contributed by atoms with Gasteiger partial charge in [-0.05, 0) is 42.2 Å². The van der Waals surface area contributed by atoms with E-state index in [1.807, 2.05) is 25.1 Å². The molecule has 1 heterocycles. The third-order valence-electron chi connectivity index (χ3n) is 3.76. The Labute approximate surface area is 153 Å². The van der Waals surface area contributed by atoms with Gasteiger partial charge in [0.05, 0.1) is 5.02 Å². The molecule has 5 nitrogen and oxygen atoms in total. The molecule has 0 fully saturated rings. The Kier molecular flexibility index (Phi) is 5.69. The number of guanidine groups is 1. The van der Waals surface area contributed by atoms with Gasteiger partial charge in [0.1, 0.15) is 0 Å². The molecule has 0 spiro atoms. The summed E-state index contributed by atoms with van der Waals surface area (Å²) in [6, 6.07) is 10.3. The van der Waals surface area contributed by atoms with Crippen molar-refractivity contribution in [2.24, 2.45) is 21.7 Å². The van der Waals surface area contributed by atoms with Gasteiger partial charge in [0.2, 0.25) is 5.96 Å². The Balaban J connectivity index is 2.52. The largest absolute Gasteiger partial charge is 0.369 e. The Bertz CT molecular complexity index is 834. The molecule has 0 aliphatic heterocycles. The van der Waals surface area contributed by atoms with Crippen LogP contribution in [-0.2, 0) is 5.41 Å². The summed E-state index contributed by atoms with van der Waals surface area (Å²) in [5.41, 5.74) is 14.8. The molecule has 4 N–H and O–H groups in total. The van der Waals surface area contributed by atoms with Gasteiger partial charge in [-0.3, -0.25) is 0 Å². The van der Waals surface area contributed by atoms with Gasteiger partial charge in [0, 0.05) is 23.3 Å². The fraction of sp³-hybridized carbons (Fsp3) is 0.263. The lowest BCUT2D eigenvalue weighted by atomic mass is 9.85. The summed E-state index contributed by atoms with van der Waals surface area (Å²) in [5.74, 6) is -0.0778. The topological polar surface area (TPSA) is 81.7 Å². The zero-order chi connectivity index (χ0) is 18.6. The van der Waals surface area contributed by atoms with Crippen LogP contribution in [0.1, 0.15) is 37.7 Å². The van der Waals surface area contributed by atoms with E-state index >= 15 is 0 Å². The van der Waals surface area contributed by atoms with E-state index in [4.69, 9.17) is 23.1 Å². The van der Waals surface area contributed by atoms with E-state index in [2.05, 4.69) is 53.7 Å². The number of rotatable bonds is 4. The number of allylic oxidation sites excluding steroid dienone is 1. The monoisotopic (exact) mass is 357 g/mol. The SMILES string of the molecule is Cc1c(Cl)cc(/C=C/C=N/N=C(N)N)n1-c1ccccc1C(C)(C)C. The van der Waals surface area contributed by atoms with E-state index in [-0.39, 0.29) is 11.4 Å². The molecule has 0 bridgehead atoms. The van der Waals surface area contributed by atoms with Crippen molar-refractivity contribution >= 4 is 29.9 Å². The van der Waals surface area contributed by atoms with E-state index < -0.39 is 0 Å². The van der Waals surface area contributed by atoms with Crippen LogP contribution in [0.25, 0.3) is 11.8 Å². The summed E-state index contributed by atoms with van der Waals surface area (Å²) in [4.78, 5) is 0. The molecule has 0 atom stereocenters. The highest BCUT2D eigenvalue weighted by Crippen LogP contribution is 2.33. The second-order valence-electron chi connectivity index (χ2n) is 6.75. The van der Waals surface area contributed by atoms with E-state index in [0.717, 1.165) is 17.1 Å². The molecule has 0 saturated heterocycles. The number of aromatic nitrogens is 1. The van der Waals surface area contributed by atoms with Crippen molar-refractivity contribution in [2.75, 3.05) is 0 Å². The average Bonchev–Trinajstić information content (AvgIpc) is 2.80. The summed E-state index contributed by atoms with van der Waals surface area (Å²) in [6.07, 6.45) is 5.22. The third-order valence-corrected chi connectivity index (χ3v) is 4.14. The lowest BCUT2D eigenvalue weighted by molar-refractivity contribution is 0.586. The molecule has 0 aliphatic rings. The van der Waals surface area contributed by atoms with Gasteiger partial charge in [0.15, 0.2) is 0 Å². The maximum atomic E-state index is 6.39. The van der Waals surface area contributed by atoms with Crippen LogP contribution < -0.4 is 11.5 Å². The first-order valence-corrected chi connectivity index (χ1v) is 8.36. The molecule has 132 valence electrons. The quantitative estimate of drug-likeness (QED) is 0.492. The molecular weight excluding hydrogens is 334 g/mol. The number of hydrogen-bond acceptors (Lipinski definition) is 2. The van der Waals surface area contributed by atoms with Crippen molar-refractivity contribution in [1.29, 1.82) is 0 Å². The van der Waals surface area contributed by atoms with Gasteiger partial charge in [-0.2, -0.15) is 5.10 Å². The highest BCUT2D eigenvalue weighted by Gasteiger charge is 2.20. The Hall–Kier alpha value is -2.53. The van der Waals surface area contributed by atoms with E-state index in [1.54, 1.807) is 6.08 Å². The maximum absolute atomic E-state index is 6.39. The smallest absolute Gasteiger partial charge is 0.211 e. The first-order chi connectivity index (χ1) is 11.7. The standard InChI is InChI=1S/C19H24ClN5/c1-13-16(20)12-14(8-7-11-23-24-18(21)22)25(13)17-10-6-5-9-15(17)19(2,3)4/h5-12H,1-4H3,(H4,21,22,24)/b8-7+,23-11+. The van der Waals surface area contributed by atoms with Crippen LogP contribution in [-0.4, -0.2) is 16.7 Å². The molecule has 0 aliphatic carbocycles. The molecule has 0 amide bonds. The van der Waals surface area contributed by atoms with Crippen LogP contribution in [0.3, 0.4) is 0 Å². The van der Waals surface area contributed by atoms with Crippen molar-refractivity contribution < 1.29 is 0 Å². The lowest BCUT2D eigenvalue weighted by Crippen LogP contribution is -2.21. The number of nitrogens with two attached hydrogens (primary N) is 2. The fourth-order valence-corrected chi connectivity index (χ4v) is 2.82. The molecule has 1 aromatic carbocycles. The molecule has 0 radical (unpaired) electrons. The molecule has 1 aromatic heterocycles. The molecule has 2 aromatic rings. The van der Waals surface area contributed by atoms with Gasteiger partial charge in [-0.25, -0.2) is 0 Å². The van der Waals surface area contributed by atoms with Gasteiger partial charge < -0.3 is 16.0 Å². The average molecular weight is 358 g/mol. The zero-order valence-electron chi connectivity index (χ0n) is 15.0. The first-order valence-electron chi connectivity index (χ1n) is 7.98. The van der Waals surface area contributed by atoms with Gasteiger partial charge in [0.25, 0.3) is 0 Å². The van der Waals surface area contributed by atoms with Crippen molar-refractivity contribution in [3.63, 3.8) is 0 Å². The lowest BCUT2D eigenvalue weighted by Gasteiger charge is -2.24. The number of halogens is 1. The number of hydrogen-bond donors (Lipinski definition) is 2. The summed E-state index contributed by atoms with van der Waals surface area (Å²) < 4.78 is 2.15. The highest BCUT2D eigenvalue weighted by atomic mass is 35.5. The van der Waals surface area contributed by atoms with Crippen LogP contribution >= 0.6 is 11.6 Å². The minimum atomic E-state index is -0.0778. The first kappa shape index (κ1) is 18.8. The van der Waals surface area contributed by atoms with Crippen molar-refractivity contribution in [3.8, 4) is 5.69 Å². The molecule has 0 saturated carbocycles. The Morgan fingerprint density at radius 1 is 1.20 bits per heavy atom. The van der Waals surface area contributed by atoms with Crippen LogP contribution in [0.5, 0.6) is 0 Å². The van der Waals surface area contributed by atoms with Crippen molar-refractivity contribution in [1.82, 2.24) is 4.57 Å². The zero-order valence-corrected chi connectivity index (χ0v) is 15.7. The van der Waals surface area contributed by atoms with Gasteiger partial charge >= 0.3 is 0 Å².